The molecule has 0 saturated heterocycles. The third-order valence-electron chi connectivity index (χ3n) is 2.88. The molecular weight excluding hydrogens is 240 g/mol. The summed E-state index contributed by atoms with van der Waals surface area (Å²) in [6, 6.07) is 5.57. The van der Waals surface area contributed by atoms with Crippen molar-refractivity contribution in [2.45, 2.75) is 20.3 Å². The fourth-order valence-corrected chi connectivity index (χ4v) is 2.10. The molecule has 4 heteroatoms. The maximum absolute atomic E-state index is 12.4. The zero-order chi connectivity index (χ0) is 13.8. The Morgan fingerprint density at radius 1 is 1.21 bits per heavy atom. The third kappa shape index (κ3) is 2.96. The van der Waals surface area contributed by atoms with Gasteiger partial charge in [0.25, 0.3) is 0 Å². The Morgan fingerprint density at radius 2 is 1.89 bits per heavy atom. The predicted molar refractivity (Wildman–Crippen MR) is 72.5 cm³/mol. The van der Waals surface area contributed by atoms with Gasteiger partial charge in [-0.1, -0.05) is 6.07 Å². The van der Waals surface area contributed by atoms with Crippen molar-refractivity contribution in [2.24, 2.45) is 0 Å². The van der Waals surface area contributed by atoms with Crippen LogP contribution in [0.3, 0.4) is 0 Å². The standard InChI is InChI=1S/C15H16N2O2/c1-10-7-11(2)15(13(8-10)19-3)12(18)9-14-16-5-4-6-17-14/h4-8H,9H2,1-3H3. The zero-order valence-electron chi connectivity index (χ0n) is 11.3. The third-order valence-corrected chi connectivity index (χ3v) is 2.88. The summed E-state index contributed by atoms with van der Waals surface area (Å²) in [7, 11) is 1.57. The smallest absolute Gasteiger partial charge is 0.174 e. The van der Waals surface area contributed by atoms with E-state index in [-0.39, 0.29) is 12.2 Å². The molecule has 98 valence electrons. The number of aromatic nitrogens is 2. The van der Waals surface area contributed by atoms with E-state index in [2.05, 4.69) is 9.97 Å². The number of nitrogens with zero attached hydrogens (tertiary/aromatic N) is 2. The highest BCUT2D eigenvalue weighted by Gasteiger charge is 2.17. The van der Waals surface area contributed by atoms with Gasteiger partial charge in [0.15, 0.2) is 5.78 Å². The quantitative estimate of drug-likeness (QED) is 0.789. The molecule has 0 unspecified atom stereocenters. The Morgan fingerprint density at radius 3 is 2.53 bits per heavy atom. The first-order valence-electron chi connectivity index (χ1n) is 6.06. The molecule has 2 rings (SSSR count). The van der Waals surface area contributed by atoms with Crippen LogP contribution in [-0.2, 0) is 6.42 Å². The SMILES string of the molecule is COc1cc(C)cc(C)c1C(=O)Cc1ncccn1. The molecule has 1 heterocycles. The van der Waals surface area contributed by atoms with Gasteiger partial charge in [0.2, 0.25) is 0 Å². The molecular formula is C15H16N2O2. The summed E-state index contributed by atoms with van der Waals surface area (Å²) in [6.07, 6.45) is 3.45. The molecule has 0 amide bonds. The van der Waals surface area contributed by atoms with Gasteiger partial charge in [0.1, 0.15) is 11.6 Å². The Balaban J connectivity index is 2.34. The van der Waals surface area contributed by atoms with Crippen LogP contribution in [0.1, 0.15) is 27.3 Å². The average Bonchev–Trinajstić information content (AvgIpc) is 2.38. The van der Waals surface area contributed by atoms with Gasteiger partial charge < -0.3 is 4.74 Å². The fourth-order valence-electron chi connectivity index (χ4n) is 2.10. The molecule has 0 aliphatic rings. The van der Waals surface area contributed by atoms with Crippen molar-refractivity contribution in [3.8, 4) is 5.75 Å². The molecule has 0 radical (unpaired) electrons. The topological polar surface area (TPSA) is 52.1 Å². The lowest BCUT2D eigenvalue weighted by molar-refractivity contribution is 0.0987. The molecule has 0 fully saturated rings. The van der Waals surface area contributed by atoms with E-state index in [1.807, 2.05) is 26.0 Å². The number of hydrogen-bond donors (Lipinski definition) is 0. The van der Waals surface area contributed by atoms with E-state index in [1.165, 1.54) is 0 Å². The summed E-state index contributed by atoms with van der Waals surface area (Å²) in [4.78, 5) is 20.5. The number of Topliss-reactive ketones (excluding diaryl/α,β-unsaturated/α-hetero) is 1. The van der Waals surface area contributed by atoms with Crippen molar-refractivity contribution in [3.05, 3.63) is 53.1 Å². The highest BCUT2D eigenvalue weighted by molar-refractivity contribution is 6.01. The number of carbonyl (C=O) groups is 1. The monoisotopic (exact) mass is 256 g/mol. The molecule has 0 N–H and O–H groups in total. The van der Waals surface area contributed by atoms with E-state index in [9.17, 15) is 4.79 Å². The first-order chi connectivity index (χ1) is 9.11. The zero-order valence-corrected chi connectivity index (χ0v) is 11.3. The maximum atomic E-state index is 12.4. The Labute approximate surface area is 112 Å². The molecule has 1 aromatic carbocycles. The van der Waals surface area contributed by atoms with Gasteiger partial charge in [-0.3, -0.25) is 4.79 Å². The maximum Gasteiger partial charge on any atom is 0.174 e. The Hall–Kier alpha value is -2.23. The second-order valence-corrected chi connectivity index (χ2v) is 4.42. The number of ether oxygens (including phenoxy) is 1. The number of aryl methyl sites for hydroxylation is 2. The number of ketones is 1. The van der Waals surface area contributed by atoms with Crippen LogP contribution in [0, 0.1) is 13.8 Å². The molecule has 19 heavy (non-hydrogen) atoms. The van der Waals surface area contributed by atoms with Gasteiger partial charge in [-0.15, -0.1) is 0 Å². The molecule has 0 saturated carbocycles. The van der Waals surface area contributed by atoms with E-state index in [4.69, 9.17) is 4.74 Å². The number of hydrogen-bond acceptors (Lipinski definition) is 4. The average molecular weight is 256 g/mol. The van der Waals surface area contributed by atoms with Gasteiger partial charge in [-0.25, -0.2) is 9.97 Å². The van der Waals surface area contributed by atoms with Crippen LogP contribution in [0.4, 0.5) is 0 Å². The lowest BCUT2D eigenvalue weighted by Gasteiger charge is -2.11. The Kier molecular flexibility index (Phi) is 3.90. The van der Waals surface area contributed by atoms with Gasteiger partial charge >= 0.3 is 0 Å². The lowest BCUT2D eigenvalue weighted by Crippen LogP contribution is -2.10. The van der Waals surface area contributed by atoms with Crippen LogP contribution in [0.15, 0.2) is 30.6 Å². The lowest BCUT2D eigenvalue weighted by atomic mass is 9.99. The van der Waals surface area contributed by atoms with E-state index in [0.717, 1.165) is 11.1 Å². The van der Waals surface area contributed by atoms with Crippen molar-refractivity contribution in [2.75, 3.05) is 7.11 Å². The second kappa shape index (κ2) is 5.61. The minimum absolute atomic E-state index is 0.0273. The van der Waals surface area contributed by atoms with Gasteiger partial charge in [0, 0.05) is 12.4 Å². The van der Waals surface area contributed by atoms with Crippen molar-refractivity contribution in [3.63, 3.8) is 0 Å². The molecule has 0 spiro atoms. The molecule has 2 aromatic rings. The minimum atomic E-state index is -0.0273. The molecule has 0 aliphatic carbocycles. The van der Waals surface area contributed by atoms with E-state index >= 15 is 0 Å². The number of benzene rings is 1. The fraction of sp³-hybridized carbons (Fsp3) is 0.267. The van der Waals surface area contributed by atoms with Gasteiger partial charge in [-0.2, -0.15) is 0 Å². The van der Waals surface area contributed by atoms with E-state index in [1.54, 1.807) is 25.6 Å². The number of methoxy groups -OCH3 is 1. The van der Waals surface area contributed by atoms with Gasteiger partial charge in [-0.05, 0) is 37.1 Å². The van der Waals surface area contributed by atoms with E-state index < -0.39 is 0 Å². The summed E-state index contributed by atoms with van der Waals surface area (Å²) < 4.78 is 5.30. The van der Waals surface area contributed by atoms with E-state index in [0.29, 0.717) is 17.1 Å². The molecule has 0 atom stereocenters. The van der Waals surface area contributed by atoms with Crippen LogP contribution in [0.5, 0.6) is 5.75 Å². The predicted octanol–water partition coefficient (Wildman–Crippen LogP) is 2.53. The number of carbonyl (C=O) groups excluding carboxylic acids is 1. The summed E-state index contributed by atoms with van der Waals surface area (Å²) in [5.74, 6) is 1.11. The summed E-state index contributed by atoms with van der Waals surface area (Å²) in [6.45, 7) is 3.89. The van der Waals surface area contributed by atoms with Gasteiger partial charge in [0.05, 0.1) is 19.1 Å². The molecule has 4 nitrogen and oxygen atoms in total. The van der Waals surface area contributed by atoms with Crippen molar-refractivity contribution < 1.29 is 9.53 Å². The second-order valence-electron chi connectivity index (χ2n) is 4.42. The van der Waals surface area contributed by atoms with Crippen LogP contribution < -0.4 is 4.74 Å². The normalized spacial score (nSPS) is 10.3. The van der Waals surface area contributed by atoms with Crippen LogP contribution in [0.25, 0.3) is 0 Å². The highest BCUT2D eigenvalue weighted by Crippen LogP contribution is 2.25. The Bertz CT molecular complexity index is 595. The van der Waals surface area contributed by atoms with Crippen LogP contribution in [0.2, 0.25) is 0 Å². The molecule has 1 aromatic heterocycles. The van der Waals surface area contributed by atoms with Crippen molar-refractivity contribution in [1.82, 2.24) is 9.97 Å². The summed E-state index contributed by atoms with van der Waals surface area (Å²) in [5, 5.41) is 0. The largest absolute Gasteiger partial charge is 0.496 e. The molecule has 0 bridgehead atoms. The van der Waals surface area contributed by atoms with Crippen LogP contribution >= 0.6 is 0 Å². The highest BCUT2D eigenvalue weighted by atomic mass is 16.5. The first-order valence-corrected chi connectivity index (χ1v) is 6.06. The minimum Gasteiger partial charge on any atom is -0.496 e. The molecule has 0 aliphatic heterocycles. The van der Waals surface area contributed by atoms with Crippen molar-refractivity contribution in [1.29, 1.82) is 0 Å². The first kappa shape index (κ1) is 13.2. The number of rotatable bonds is 4. The summed E-state index contributed by atoms with van der Waals surface area (Å²) >= 11 is 0. The van der Waals surface area contributed by atoms with Crippen LogP contribution in [-0.4, -0.2) is 22.9 Å². The summed E-state index contributed by atoms with van der Waals surface area (Å²) in [5.41, 5.74) is 2.60. The van der Waals surface area contributed by atoms with Crippen molar-refractivity contribution >= 4 is 5.78 Å².